The Balaban J connectivity index is 2.07. The number of benzene rings is 1. The molecular formula is C19H21N3O3. The minimum absolute atomic E-state index is 0.0420. The van der Waals surface area contributed by atoms with Gasteiger partial charge in [0.15, 0.2) is 5.78 Å². The van der Waals surface area contributed by atoms with Crippen molar-refractivity contribution in [2.24, 2.45) is 5.92 Å². The summed E-state index contributed by atoms with van der Waals surface area (Å²) in [6.07, 6.45) is 1.43. The van der Waals surface area contributed by atoms with Gasteiger partial charge >= 0.3 is 0 Å². The molecule has 0 atom stereocenters. The first-order chi connectivity index (χ1) is 11.9. The van der Waals surface area contributed by atoms with Gasteiger partial charge in [-0.25, -0.2) is 0 Å². The summed E-state index contributed by atoms with van der Waals surface area (Å²) in [5, 5.41) is 5.50. The maximum atomic E-state index is 12.3. The van der Waals surface area contributed by atoms with Crippen molar-refractivity contribution in [2.75, 3.05) is 11.9 Å². The third kappa shape index (κ3) is 5.24. The topological polar surface area (TPSA) is 88.2 Å². The molecular weight excluding hydrogens is 318 g/mol. The number of rotatable bonds is 6. The van der Waals surface area contributed by atoms with Gasteiger partial charge in [-0.1, -0.05) is 13.8 Å². The highest BCUT2D eigenvalue weighted by Gasteiger charge is 2.12. The second-order valence-electron chi connectivity index (χ2n) is 6.12. The van der Waals surface area contributed by atoms with Gasteiger partial charge in [0.25, 0.3) is 11.8 Å². The van der Waals surface area contributed by atoms with Crippen LogP contribution >= 0.6 is 0 Å². The van der Waals surface area contributed by atoms with Crippen molar-refractivity contribution in [3.8, 4) is 0 Å². The molecule has 0 unspecified atom stereocenters. The monoisotopic (exact) mass is 339 g/mol. The highest BCUT2D eigenvalue weighted by Crippen LogP contribution is 2.12. The molecule has 6 nitrogen and oxygen atoms in total. The number of anilines is 1. The lowest BCUT2D eigenvalue weighted by atomic mass is 10.1. The van der Waals surface area contributed by atoms with Gasteiger partial charge in [0.05, 0.1) is 0 Å². The van der Waals surface area contributed by atoms with Crippen molar-refractivity contribution in [3.63, 3.8) is 0 Å². The highest BCUT2D eigenvalue weighted by atomic mass is 16.2. The number of hydrogen-bond acceptors (Lipinski definition) is 4. The Labute approximate surface area is 146 Å². The van der Waals surface area contributed by atoms with Crippen LogP contribution in [0.1, 0.15) is 52.0 Å². The van der Waals surface area contributed by atoms with Crippen molar-refractivity contribution in [3.05, 3.63) is 59.4 Å². The highest BCUT2D eigenvalue weighted by molar-refractivity contribution is 6.05. The third-order valence-corrected chi connectivity index (χ3v) is 3.47. The van der Waals surface area contributed by atoms with E-state index < -0.39 is 5.91 Å². The molecule has 1 aromatic heterocycles. The van der Waals surface area contributed by atoms with Gasteiger partial charge in [-0.2, -0.15) is 0 Å². The zero-order chi connectivity index (χ0) is 18.4. The standard InChI is InChI=1S/C19H21N3O3/c1-12(2)11-21-18(24)15-8-9-20-17(10-15)19(25)22-16-6-4-14(5-7-16)13(3)23/h4-10,12H,11H2,1-3H3,(H,21,24)(H,22,25). The molecule has 25 heavy (non-hydrogen) atoms. The van der Waals surface area contributed by atoms with E-state index in [0.717, 1.165) is 0 Å². The summed E-state index contributed by atoms with van der Waals surface area (Å²) in [6.45, 7) is 6.05. The zero-order valence-electron chi connectivity index (χ0n) is 14.5. The van der Waals surface area contributed by atoms with E-state index in [0.29, 0.717) is 29.3 Å². The number of ketones is 1. The lowest BCUT2D eigenvalue weighted by Gasteiger charge is -2.09. The molecule has 0 aliphatic heterocycles. The van der Waals surface area contributed by atoms with Crippen molar-refractivity contribution < 1.29 is 14.4 Å². The fraction of sp³-hybridized carbons (Fsp3) is 0.263. The maximum absolute atomic E-state index is 12.3. The summed E-state index contributed by atoms with van der Waals surface area (Å²) in [5.41, 5.74) is 1.65. The van der Waals surface area contributed by atoms with Gasteiger partial charge < -0.3 is 10.6 Å². The van der Waals surface area contributed by atoms with Crippen LogP contribution in [0.5, 0.6) is 0 Å². The Morgan fingerprint density at radius 3 is 2.28 bits per heavy atom. The number of aromatic nitrogens is 1. The molecule has 0 saturated heterocycles. The molecule has 130 valence electrons. The third-order valence-electron chi connectivity index (χ3n) is 3.47. The second-order valence-corrected chi connectivity index (χ2v) is 6.12. The zero-order valence-corrected chi connectivity index (χ0v) is 14.5. The van der Waals surface area contributed by atoms with E-state index in [4.69, 9.17) is 0 Å². The van der Waals surface area contributed by atoms with Gasteiger partial charge in [-0.05, 0) is 49.2 Å². The van der Waals surface area contributed by atoms with E-state index in [1.165, 1.54) is 19.2 Å². The molecule has 1 aromatic carbocycles. The Kier molecular flexibility index (Phi) is 6.00. The van der Waals surface area contributed by atoms with Crippen LogP contribution in [-0.2, 0) is 0 Å². The van der Waals surface area contributed by atoms with E-state index in [1.807, 2.05) is 13.8 Å². The van der Waals surface area contributed by atoms with E-state index in [1.54, 1.807) is 30.3 Å². The van der Waals surface area contributed by atoms with Gasteiger partial charge in [0, 0.05) is 29.6 Å². The van der Waals surface area contributed by atoms with E-state index in [9.17, 15) is 14.4 Å². The molecule has 2 aromatic rings. The molecule has 0 fully saturated rings. The molecule has 2 amide bonds. The summed E-state index contributed by atoms with van der Waals surface area (Å²) < 4.78 is 0. The Morgan fingerprint density at radius 1 is 1.00 bits per heavy atom. The minimum Gasteiger partial charge on any atom is -0.352 e. The van der Waals surface area contributed by atoms with E-state index in [-0.39, 0.29) is 17.4 Å². The van der Waals surface area contributed by atoms with Crippen LogP contribution in [0, 0.1) is 5.92 Å². The average molecular weight is 339 g/mol. The summed E-state index contributed by atoms with van der Waals surface area (Å²) >= 11 is 0. The Morgan fingerprint density at radius 2 is 1.68 bits per heavy atom. The summed E-state index contributed by atoms with van der Waals surface area (Å²) in [6, 6.07) is 9.59. The molecule has 0 aliphatic rings. The normalized spacial score (nSPS) is 10.4. The minimum atomic E-state index is -0.422. The first kappa shape index (κ1) is 18.3. The first-order valence-corrected chi connectivity index (χ1v) is 8.03. The number of Topliss-reactive ketones (excluding diaryl/α,β-unsaturated/α-hetero) is 1. The van der Waals surface area contributed by atoms with Crippen LogP contribution in [0.2, 0.25) is 0 Å². The summed E-state index contributed by atoms with van der Waals surface area (Å²) in [7, 11) is 0. The predicted octanol–water partition coefficient (Wildman–Crippen LogP) is 2.92. The fourth-order valence-corrected chi connectivity index (χ4v) is 2.08. The molecule has 0 radical (unpaired) electrons. The van der Waals surface area contributed by atoms with E-state index in [2.05, 4.69) is 15.6 Å². The van der Waals surface area contributed by atoms with Crippen LogP contribution in [0.4, 0.5) is 5.69 Å². The largest absolute Gasteiger partial charge is 0.352 e. The molecule has 2 rings (SSSR count). The van der Waals surface area contributed by atoms with Gasteiger partial charge in [0.2, 0.25) is 0 Å². The summed E-state index contributed by atoms with van der Waals surface area (Å²) in [5.74, 6) is -0.365. The SMILES string of the molecule is CC(=O)c1ccc(NC(=O)c2cc(C(=O)NCC(C)C)ccn2)cc1. The van der Waals surface area contributed by atoms with Crippen molar-refractivity contribution in [2.45, 2.75) is 20.8 Å². The molecule has 0 bridgehead atoms. The predicted molar refractivity (Wildman–Crippen MR) is 95.8 cm³/mol. The number of nitrogens with one attached hydrogen (secondary N) is 2. The van der Waals surface area contributed by atoms with Crippen LogP contribution in [-0.4, -0.2) is 29.1 Å². The number of hydrogen-bond donors (Lipinski definition) is 2. The number of amides is 2. The van der Waals surface area contributed by atoms with Gasteiger partial charge in [-0.15, -0.1) is 0 Å². The smallest absolute Gasteiger partial charge is 0.274 e. The molecule has 6 heteroatoms. The molecule has 2 N–H and O–H groups in total. The van der Waals surface area contributed by atoms with Gasteiger partial charge in [-0.3, -0.25) is 19.4 Å². The van der Waals surface area contributed by atoms with Crippen LogP contribution in [0.25, 0.3) is 0 Å². The Hall–Kier alpha value is -3.02. The maximum Gasteiger partial charge on any atom is 0.274 e. The first-order valence-electron chi connectivity index (χ1n) is 8.03. The van der Waals surface area contributed by atoms with Crippen LogP contribution in [0.15, 0.2) is 42.6 Å². The average Bonchev–Trinajstić information content (AvgIpc) is 2.60. The molecule has 0 saturated carbocycles. The van der Waals surface area contributed by atoms with Gasteiger partial charge in [0.1, 0.15) is 5.69 Å². The second kappa shape index (κ2) is 8.19. The summed E-state index contributed by atoms with van der Waals surface area (Å²) in [4.78, 5) is 39.7. The van der Waals surface area contributed by atoms with Crippen molar-refractivity contribution in [1.29, 1.82) is 0 Å². The number of pyridine rings is 1. The quantitative estimate of drug-likeness (QED) is 0.792. The molecule has 1 heterocycles. The fourth-order valence-electron chi connectivity index (χ4n) is 2.08. The molecule has 0 spiro atoms. The lowest BCUT2D eigenvalue weighted by molar-refractivity contribution is 0.0948. The van der Waals surface area contributed by atoms with Crippen molar-refractivity contribution >= 4 is 23.3 Å². The number of nitrogens with zero attached hydrogens (tertiary/aromatic N) is 1. The van der Waals surface area contributed by atoms with Crippen LogP contribution in [0.3, 0.4) is 0 Å². The number of carbonyl (C=O) groups is 3. The molecule has 0 aliphatic carbocycles. The van der Waals surface area contributed by atoms with Crippen LogP contribution < -0.4 is 10.6 Å². The van der Waals surface area contributed by atoms with Crippen molar-refractivity contribution in [1.82, 2.24) is 10.3 Å². The lowest BCUT2D eigenvalue weighted by Crippen LogP contribution is -2.27. The Bertz CT molecular complexity index is 783. The number of carbonyl (C=O) groups excluding carboxylic acids is 3. The van der Waals surface area contributed by atoms with E-state index >= 15 is 0 Å².